The Kier molecular flexibility index (Phi) is 6.74. The van der Waals surface area contributed by atoms with E-state index >= 15 is 0 Å². The fraction of sp³-hybridized carbons (Fsp3) is 0.0952. The second-order valence-electron chi connectivity index (χ2n) is 6.77. The number of carbonyl (C=O) groups is 1. The first-order chi connectivity index (χ1) is 15.1. The van der Waals surface area contributed by atoms with E-state index in [1.165, 1.54) is 47.2 Å². The second-order valence-corrected chi connectivity index (χ2v) is 8.69. The molecule has 0 atom stereocenters. The molecule has 3 aromatic rings. The summed E-state index contributed by atoms with van der Waals surface area (Å²) in [6, 6.07) is 12.9. The monoisotopic (exact) mass is 473 g/mol. The first-order valence-corrected chi connectivity index (χ1v) is 11.0. The summed E-state index contributed by atoms with van der Waals surface area (Å²) in [5, 5.41) is 21.6. The average molecular weight is 474 g/mol. The number of hydrogen-bond acceptors (Lipinski definition) is 5. The van der Waals surface area contributed by atoms with Gasteiger partial charge in [-0.2, -0.15) is 10.4 Å². The first kappa shape index (κ1) is 23.1. The number of aromatic nitrogens is 2. The number of nitriles is 1. The summed E-state index contributed by atoms with van der Waals surface area (Å²) in [7, 11) is -3.86. The van der Waals surface area contributed by atoms with Crippen LogP contribution in [0.3, 0.4) is 0 Å². The summed E-state index contributed by atoms with van der Waals surface area (Å²) in [6.07, 6.45) is 1.32. The van der Waals surface area contributed by atoms with Crippen LogP contribution in [0.1, 0.15) is 16.8 Å². The van der Waals surface area contributed by atoms with Gasteiger partial charge in [0.1, 0.15) is 22.6 Å². The minimum atomic E-state index is -3.86. The van der Waals surface area contributed by atoms with Crippen LogP contribution in [0.5, 0.6) is 0 Å². The Hall–Kier alpha value is -3.52. The third-order valence-electron chi connectivity index (χ3n) is 4.45. The molecule has 164 valence electrons. The highest BCUT2D eigenvalue weighted by molar-refractivity contribution is 7.89. The van der Waals surface area contributed by atoms with Gasteiger partial charge in [-0.1, -0.05) is 23.7 Å². The van der Waals surface area contributed by atoms with Gasteiger partial charge in [0, 0.05) is 11.3 Å². The van der Waals surface area contributed by atoms with Crippen molar-refractivity contribution >= 4 is 39.3 Å². The number of benzene rings is 2. The standard InChI is InChI=1S/C21H17ClFN5O3S/c1-13-19(20(22)28(27-13)12-14-2-4-16(23)5-3-14)10-15(11-24)21(29)26-17-6-8-18(9-7-17)32(25,30)31/h2-10H,12H2,1H3,(H,26,29)(H2,25,30,31)/b15-10+. The number of anilines is 1. The topological polar surface area (TPSA) is 131 Å². The molecule has 0 radical (unpaired) electrons. The van der Waals surface area contributed by atoms with Crippen molar-refractivity contribution in [2.24, 2.45) is 5.14 Å². The number of carbonyl (C=O) groups excluding carboxylic acids is 1. The van der Waals surface area contributed by atoms with Gasteiger partial charge in [-0.25, -0.2) is 22.6 Å². The molecule has 32 heavy (non-hydrogen) atoms. The van der Waals surface area contributed by atoms with E-state index in [-0.39, 0.29) is 33.7 Å². The zero-order valence-corrected chi connectivity index (χ0v) is 18.3. The normalized spacial score (nSPS) is 11.8. The Balaban J connectivity index is 1.82. The molecular weight excluding hydrogens is 457 g/mol. The van der Waals surface area contributed by atoms with Gasteiger partial charge >= 0.3 is 0 Å². The quantitative estimate of drug-likeness (QED) is 0.419. The smallest absolute Gasteiger partial charge is 0.266 e. The Morgan fingerprint density at radius 3 is 2.44 bits per heavy atom. The second kappa shape index (κ2) is 9.32. The fourth-order valence-electron chi connectivity index (χ4n) is 2.82. The Morgan fingerprint density at radius 1 is 1.25 bits per heavy atom. The average Bonchev–Trinajstić information content (AvgIpc) is 3.00. The molecule has 11 heteroatoms. The maximum Gasteiger partial charge on any atom is 0.266 e. The number of amides is 1. The van der Waals surface area contributed by atoms with Crippen LogP contribution >= 0.6 is 11.6 Å². The summed E-state index contributed by atoms with van der Waals surface area (Å²) in [5.74, 6) is -1.07. The Morgan fingerprint density at radius 2 is 1.88 bits per heavy atom. The van der Waals surface area contributed by atoms with Crippen LogP contribution in [0.25, 0.3) is 6.08 Å². The predicted molar refractivity (Wildman–Crippen MR) is 118 cm³/mol. The molecule has 1 heterocycles. The molecule has 3 N–H and O–H groups in total. The maximum atomic E-state index is 13.1. The molecular formula is C21H17ClFN5O3S. The number of halogens is 2. The number of rotatable bonds is 6. The maximum absolute atomic E-state index is 13.1. The largest absolute Gasteiger partial charge is 0.321 e. The summed E-state index contributed by atoms with van der Waals surface area (Å²) in [4.78, 5) is 12.4. The molecule has 0 aliphatic heterocycles. The van der Waals surface area contributed by atoms with Crippen LogP contribution < -0.4 is 10.5 Å². The van der Waals surface area contributed by atoms with Crippen LogP contribution in [-0.4, -0.2) is 24.1 Å². The van der Waals surface area contributed by atoms with Crippen molar-refractivity contribution in [1.29, 1.82) is 5.26 Å². The van der Waals surface area contributed by atoms with Crippen molar-refractivity contribution in [3.63, 3.8) is 0 Å². The SMILES string of the molecule is Cc1nn(Cc2ccc(F)cc2)c(Cl)c1/C=C(\C#N)C(=O)Nc1ccc(S(N)(=O)=O)cc1. The van der Waals surface area contributed by atoms with E-state index in [0.717, 1.165) is 5.56 Å². The number of nitrogens with two attached hydrogens (primary N) is 1. The molecule has 0 fully saturated rings. The van der Waals surface area contributed by atoms with Gasteiger partial charge in [0.2, 0.25) is 10.0 Å². The van der Waals surface area contributed by atoms with Crippen LogP contribution in [0, 0.1) is 24.1 Å². The van der Waals surface area contributed by atoms with E-state index in [4.69, 9.17) is 16.7 Å². The summed E-state index contributed by atoms with van der Waals surface area (Å²) in [5.41, 5.74) is 1.71. The van der Waals surface area contributed by atoms with Crippen molar-refractivity contribution < 1.29 is 17.6 Å². The minimum Gasteiger partial charge on any atom is -0.321 e. The third kappa shape index (κ3) is 5.39. The van der Waals surface area contributed by atoms with Crippen LogP contribution in [0.15, 0.2) is 59.0 Å². The Labute approximate surface area is 188 Å². The predicted octanol–water partition coefficient (Wildman–Crippen LogP) is 3.23. The van der Waals surface area contributed by atoms with Crippen LogP contribution in [-0.2, 0) is 21.4 Å². The lowest BCUT2D eigenvalue weighted by molar-refractivity contribution is -0.112. The lowest BCUT2D eigenvalue weighted by Crippen LogP contribution is -2.14. The molecule has 0 unspecified atom stereocenters. The molecule has 2 aromatic carbocycles. The molecule has 0 saturated heterocycles. The summed E-state index contributed by atoms with van der Waals surface area (Å²) < 4.78 is 37.2. The number of nitrogens with zero attached hydrogens (tertiary/aromatic N) is 3. The van der Waals surface area contributed by atoms with E-state index in [2.05, 4.69) is 10.4 Å². The van der Waals surface area contributed by atoms with Crippen LogP contribution in [0.2, 0.25) is 5.15 Å². The molecule has 0 bridgehead atoms. The van der Waals surface area contributed by atoms with Crippen molar-refractivity contribution in [2.45, 2.75) is 18.4 Å². The molecule has 0 saturated carbocycles. The molecule has 0 spiro atoms. The molecule has 1 aromatic heterocycles. The van der Waals surface area contributed by atoms with Gasteiger partial charge in [-0.3, -0.25) is 4.79 Å². The van der Waals surface area contributed by atoms with E-state index in [1.54, 1.807) is 19.1 Å². The van der Waals surface area contributed by atoms with Crippen molar-refractivity contribution in [1.82, 2.24) is 9.78 Å². The molecule has 3 rings (SSSR count). The summed E-state index contributed by atoms with van der Waals surface area (Å²) >= 11 is 6.41. The van der Waals surface area contributed by atoms with E-state index in [1.807, 2.05) is 6.07 Å². The van der Waals surface area contributed by atoms with Gasteiger partial charge in [-0.15, -0.1) is 0 Å². The number of nitrogens with one attached hydrogen (secondary N) is 1. The molecule has 0 aliphatic carbocycles. The first-order valence-electron chi connectivity index (χ1n) is 9.12. The van der Waals surface area contributed by atoms with Gasteiger partial charge in [0.25, 0.3) is 5.91 Å². The minimum absolute atomic E-state index is 0.109. The van der Waals surface area contributed by atoms with Gasteiger partial charge in [0.05, 0.1) is 17.1 Å². The van der Waals surface area contributed by atoms with E-state index < -0.39 is 15.9 Å². The van der Waals surface area contributed by atoms with Crippen molar-refractivity contribution in [2.75, 3.05) is 5.32 Å². The molecule has 0 aliphatic rings. The lowest BCUT2D eigenvalue weighted by Gasteiger charge is -2.06. The highest BCUT2D eigenvalue weighted by atomic mass is 35.5. The van der Waals surface area contributed by atoms with Crippen molar-refractivity contribution in [3.8, 4) is 6.07 Å². The number of primary sulfonamides is 1. The highest BCUT2D eigenvalue weighted by Crippen LogP contribution is 2.24. The van der Waals surface area contributed by atoms with Gasteiger partial charge < -0.3 is 5.32 Å². The molecule has 1 amide bonds. The van der Waals surface area contributed by atoms with E-state index in [0.29, 0.717) is 11.3 Å². The van der Waals surface area contributed by atoms with Crippen LogP contribution in [0.4, 0.5) is 10.1 Å². The van der Waals surface area contributed by atoms with E-state index in [9.17, 15) is 22.9 Å². The third-order valence-corrected chi connectivity index (χ3v) is 5.78. The fourth-order valence-corrected chi connectivity index (χ4v) is 3.62. The van der Waals surface area contributed by atoms with Gasteiger partial charge in [0.15, 0.2) is 0 Å². The van der Waals surface area contributed by atoms with Gasteiger partial charge in [-0.05, 0) is 55.0 Å². The van der Waals surface area contributed by atoms with Crippen molar-refractivity contribution in [3.05, 3.63) is 81.9 Å². The number of hydrogen-bond donors (Lipinski definition) is 2. The Bertz CT molecular complexity index is 1340. The lowest BCUT2D eigenvalue weighted by atomic mass is 10.1. The number of aryl methyl sites for hydroxylation is 1. The highest BCUT2D eigenvalue weighted by Gasteiger charge is 2.17. The summed E-state index contributed by atoms with van der Waals surface area (Å²) in [6.45, 7) is 1.95. The molecule has 8 nitrogen and oxygen atoms in total. The number of sulfonamides is 1. The zero-order chi connectivity index (χ0) is 23.5. The zero-order valence-electron chi connectivity index (χ0n) is 16.7.